The van der Waals surface area contributed by atoms with Gasteiger partial charge in [-0.2, -0.15) is 0 Å². The van der Waals surface area contributed by atoms with E-state index in [2.05, 4.69) is 126 Å². The van der Waals surface area contributed by atoms with Crippen molar-refractivity contribution >= 4 is 32.5 Å². The van der Waals surface area contributed by atoms with Crippen LogP contribution in [0.15, 0.2) is 42.5 Å². The molecule has 0 heterocycles. The Morgan fingerprint density at radius 2 is 0.763 bits per heavy atom. The SMILES string of the molecule is CC(C)c1cc(C(C)C)c(-c2cccc(-c3c(C(C)C)cc(C(C)C)cc3C(C)C)[c]2[Sn][Cl])c(C(C)C)c1. The quantitative estimate of drug-likeness (QED) is 0.205. The third-order valence-electron chi connectivity index (χ3n) is 7.96. The second kappa shape index (κ2) is 12.9. The first-order valence-electron chi connectivity index (χ1n) is 14.7. The monoisotopic (exact) mass is 636 g/mol. The molecule has 0 unspecified atom stereocenters. The van der Waals surface area contributed by atoms with Crippen LogP contribution in [0.25, 0.3) is 22.3 Å². The van der Waals surface area contributed by atoms with Crippen molar-refractivity contribution in [3.8, 4) is 22.3 Å². The van der Waals surface area contributed by atoms with Crippen molar-refractivity contribution in [3.05, 3.63) is 75.8 Å². The summed E-state index contributed by atoms with van der Waals surface area (Å²) in [5, 5.41) is 0. The van der Waals surface area contributed by atoms with Crippen LogP contribution < -0.4 is 3.58 Å². The van der Waals surface area contributed by atoms with Gasteiger partial charge in [0, 0.05) is 0 Å². The standard InChI is InChI=1S/C36H49.ClH.Sn/c1-21(2)29-17-31(23(5)6)35(32(18-29)24(7)8)27-14-13-15-28(16-27)36-33(25(9)10)19-30(22(3)4)20-34(36)26(11)12;;/h13-15,17-26H,1-12H3;1H;/q;;+1/p-1. The van der Waals surface area contributed by atoms with Crippen LogP contribution in [0.1, 0.15) is 152 Å². The Bertz CT molecular complexity index is 1110. The van der Waals surface area contributed by atoms with E-state index in [0.29, 0.717) is 35.5 Å². The molecule has 204 valence electrons. The van der Waals surface area contributed by atoms with Crippen molar-refractivity contribution in [3.63, 3.8) is 0 Å². The first-order chi connectivity index (χ1) is 17.8. The van der Waals surface area contributed by atoms with Gasteiger partial charge in [-0.15, -0.1) is 0 Å². The molecule has 0 aliphatic carbocycles. The minimum atomic E-state index is -1.33. The molecule has 0 aliphatic heterocycles. The molecule has 0 N–H and O–H groups in total. The Morgan fingerprint density at radius 3 is 0.974 bits per heavy atom. The number of hydrogen-bond donors (Lipinski definition) is 0. The fourth-order valence-corrected chi connectivity index (χ4v) is 8.74. The fraction of sp³-hybridized carbons (Fsp3) is 0.500. The second-order valence-corrected chi connectivity index (χ2v) is 16.1. The molecule has 2 heteroatoms. The normalized spacial score (nSPS) is 12.3. The van der Waals surface area contributed by atoms with Gasteiger partial charge < -0.3 is 0 Å². The number of hydrogen-bond acceptors (Lipinski definition) is 0. The third kappa shape index (κ3) is 6.38. The van der Waals surface area contributed by atoms with Gasteiger partial charge in [0.15, 0.2) is 0 Å². The molecule has 0 atom stereocenters. The Balaban J connectivity index is 2.49. The van der Waals surface area contributed by atoms with Crippen molar-refractivity contribution < 1.29 is 0 Å². The average Bonchev–Trinajstić information content (AvgIpc) is 2.86. The van der Waals surface area contributed by atoms with E-state index in [-0.39, 0.29) is 0 Å². The van der Waals surface area contributed by atoms with Crippen LogP contribution in [0.5, 0.6) is 0 Å². The summed E-state index contributed by atoms with van der Waals surface area (Å²) in [7, 11) is 7.10. The van der Waals surface area contributed by atoms with Crippen LogP contribution >= 0.6 is 8.92 Å². The molecule has 3 rings (SSSR count). The van der Waals surface area contributed by atoms with E-state index in [1.807, 2.05) is 0 Å². The van der Waals surface area contributed by atoms with E-state index in [0.717, 1.165) is 0 Å². The maximum atomic E-state index is 7.10. The second-order valence-electron chi connectivity index (χ2n) is 12.9. The molecule has 38 heavy (non-hydrogen) atoms. The molecule has 0 saturated heterocycles. The Hall–Kier alpha value is -1.25. The molecule has 0 aromatic heterocycles. The average molecular weight is 636 g/mol. The van der Waals surface area contributed by atoms with Gasteiger partial charge in [-0.05, 0) is 0 Å². The predicted molar refractivity (Wildman–Crippen MR) is 173 cm³/mol. The van der Waals surface area contributed by atoms with E-state index in [1.54, 1.807) is 0 Å². The Kier molecular flexibility index (Phi) is 10.7. The topological polar surface area (TPSA) is 0 Å². The van der Waals surface area contributed by atoms with Gasteiger partial charge in [-0.3, -0.25) is 0 Å². The van der Waals surface area contributed by atoms with E-state index < -0.39 is 20.0 Å². The van der Waals surface area contributed by atoms with Crippen LogP contribution in [0.2, 0.25) is 0 Å². The van der Waals surface area contributed by atoms with Crippen molar-refractivity contribution in [2.24, 2.45) is 0 Å². The van der Waals surface area contributed by atoms with E-state index in [4.69, 9.17) is 8.92 Å². The van der Waals surface area contributed by atoms with Gasteiger partial charge in [0.2, 0.25) is 0 Å². The zero-order chi connectivity index (χ0) is 28.5. The van der Waals surface area contributed by atoms with E-state index in [1.165, 1.54) is 59.2 Å². The summed E-state index contributed by atoms with van der Waals surface area (Å²) in [6.07, 6.45) is 0. The van der Waals surface area contributed by atoms with Crippen LogP contribution in [0.3, 0.4) is 0 Å². The summed E-state index contributed by atoms with van der Waals surface area (Å²) in [6, 6.07) is 16.9. The van der Waals surface area contributed by atoms with E-state index >= 15 is 0 Å². The summed E-state index contributed by atoms with van der Waals surface area (Å²) < 4.78 is 1.43. The fourth-order valence-electron chi connectivity index (χ4n) is 5.60. The predicted octanol–water partition coefficient (Wildman–Crippen LogP) is 11.2. The molecule has 3 aromatic rings. The van der Waals surface area contributed by atoms with Gasteiger partial charge in [0.1, 0.15) is 0 Å². The molecule has 0 aliphatic rings. The first kappa shape index (κ1) is 31.3. The summed E-state index contributed by atoms with van der Waals surface area (Å²) in [5.74, 6) is 2.80. The maximum absolute atomic E-state index is 7.10. The van der Waals surface area contributed by atoms with Crippen molar-refractivity contribution in [1.82, 2.24) is 0 Å². The molecule has 0 amide bonds. The van der Waals surface area contributed by atoms with Gasteiger partial charge >= 0.3 is 249 Å². The first-order valence-corrected chi connectivity index (χ1v) is 19.7. The van der Waals surface area contributed by atoms with Gasteiger partial charge in [-0.1, -0.05) is 0 Å². The third-order valence-corrected chi connectivity index (χ3v) is 11.3. The van der Waals surface area contributed by atoms with Crippen molar-refractivity contribution in [1.29, 1.82) is 0 Å². The zero-order valence-electron chi connectivity index (χ0n) is 25.9. The van der Waals surface area contributed by atoms with Gasteiger partial charge in [0.05, 0.1) is 0 Å². The molecule has 0 bridgehead atoms. The van der Waals surface area contributed by atoms with Crippen LogP contribution in [0, 0.1) is 0 Å². The van der Waals surface area contributed by atoms with Crippen LogP contribution in [-0.4, -0.2) is 20.0 Å². The van der Waals surface area contributed by atoms with Crippen molar-refractivity contribution in [2.45, 2.75) is 119 Å². The molecular weight excluding hydrogens is 587 g/mol. The summed E-state index contributed by atoms with van der Waals surface area (Å²) in [4.78, 5) is 0. The summed E-state index contributed by atoms with van der Waals surface area (Å²) in [5.41, 5.74) is 14.4. The van der Waals surface area contributed by atoms with Crippen LogP contribution in [-0.2, 0) is 0 Å². The van der Waals surface area contributed by atoms with Crippen LogP contribution in [0.4, 0.5) is 0 Å². The summed E-state index contributed by atoms with van der Waals surface area (Å²) >= 11 is -1.33. The number of halogens is 1. The molecule has 0 saturated carbocycles. The van der Waals surface area contributed by atoms with Gasteiger partial charge in [-0.25, -0.2) is 0 Å². The summed E-state index contributed by atoms with van der Waals surface area (Å²) in [6.45, 7) is 28.0. The molecular formula is C36H49ClSn. The Labute approximate surface area is 247 Å². The Morgan fingerprint density at radius 1 is 0.474 bits per heavy atom. The zero-order valence-corrected chi connectivity index (χ0v) is 29.5. The molecule has 2 radical (unpaired) electrons. The molecule has 0 fully saturated rings. The number of rotatable bonds is 9. The number of benzene rings is 3. The molecule has 0 nitrogen and oxygen atoms in total. The molecule has 3 aromatic carbocycles. The van der Waals surface area contributed by atoms with Crippen molar-refractivity contribution in [2.75, 3.05) is 0 Å². The minimum absolute atomic E-state index is 0.446. The van der Waals surface area contributed by atoms with E-state index in [9.17, 15) is 0 Å². The molecule has 0 spiro atoms. The van der Waals surface area contributed by atoms with Gasteiger partial charge in [0.25, 0.3) is 0 Å².